The molecule has 0 aromatic heterocycles. The van der Waals surface area contributed by atoms with Gasteiger partial charge in [0.2, 0.25) is 0 Å². The Bertz CT molecular complexity index is 831. The molecule has 1 fully saturated rings. The van der Waals surface area contributed by atoms with Crippen molar-refractivity contribution in [1.82, 2.24) is 0 Å². The van der Waals surface area contributed by atoms with Crippen LogP contribution >= 0.6 is 7.26 Å². The molecule has 1 heteroatoms. The van der Waals surface area contributed by atoms with Gasteiger partial charge in [0.25, 0.3) is 0 Å². The largest absolute Gasteiger partial charge is 0.112 e. The molecule has 0 bridgehead atoms. The van der Waals surface area contributed by atoms with Crippen molar-refractivity contribution < 1.29 is 0 Å². The van der Waals surface area contributed by atoms with Crippen LogP contribution in [0.3, 0.4) is 0 Å². The van der Waals surface area contributed by atoms with Gasteiger partial charge < -0.3 is 0 Å². The predicted molar refractivity (Wildman–Crippen MR) is 158 cm³/mol. The van der Waals surface area contributed by atoms with Crippen molar-refractivity contribution in [1.29, 1.82) is 0 Å². The highest BCUT2D eigenvalue weighted by molar-refractivity contribution is 7.95. The van der Waals surface area contributed by atoms with E-state index in [4.69, 9.17) is 0 Å². The van der Waals surface area contributed by atoms with Crippen molar-refractivity contribution in [3.63, 3.8) is 0 Å². The second-order valence-electron chi connectivity index (χ2n) is 10.7. The van der Waals surface area contributed by atoms with E-state index >= 15 is 0 Å². The molecule has 186 valence electrons. The van der Waals surface area contributed by atoms with Crippen LogP contribution in [0.4, 0.5) is 0 Å². The molecule has 0 saturated heterocycles. The fraction of sp³-hybridized carbons (Fsp3) is 0.471. The number of hydrogen-bond acceptors (Lipinski definition) is 0. The topological polar surface area (TPSA) is 0 Å². The Morgan fingerprint density at radius 3 is 1.31 bits per heavy atom. The van der Waals surface area contributed by atoms with Crippen LogP contribution in [0, 0.1) is 5.92 Å². The number of unbranched alkanes of at least 4 members (excludes halogenated alkanes) is 7. The fourth-order valence-electron chi connectivity index (χ4n) is 6.20. The van der Waals surface area contributed by atoms with Crippen LogP contribution in [0.5, 0.6) is 0 Å². The molecule has 1 aliphatic carbocycles. The third-order valence-electron chi connectivity index (χ3n) is 8.17. The normalized spacial score (nSPS) is 14.7. The van der Waals surface area contributed by atoms with Gasteiger partial charge in [0.15, 0.2) is 0 Å². The van der Waals surface area contributed by atoms with Gasteiger partial charge in [-0.15, -0.1) is 0 Å². The predicted octanol–water partition coefficient (Wildman–Crippen LogP) is 9.07. The molecular weight excluding hydrogens is 439 g/mol. The molecule has 0 amide bonds. The average molecular weight is 486 g/mol. The second-order valence-corrected chi connectivity index (χ2v) is 14.3. The highest BCUT2D eigenvalue weighted by Gasteiger charge is 2.44. The first-order valence-electron chi connectivity index (χ1n) is 14.4. The maximum atomic E-state index is 2.38. The smallest absolute Gasteiger partial charge is 0.0620 e. The van der Waals surface area contributed by atoms with E-state index in [9.17, 15) is 0 Å². The number of hydrogen-bond donors (Lipinski definition) is 0. The molecule has 0 unspecified atom stereocenters. The first kappa shape index (κ1) is 26.2. The summed E-state index contributed by atoms with van der Waals surface area (Å²) in [6.45, 7) is 0. The molecule has 0 heterocycles. The zero-order valence-electron chi connectivity index (χ0n) is 21.8. The van der Waals surface area contributed by atoms with Crippen LogP contribution in [0.25, 0.3) is 0 Å². The van der Waals surface area contributed by atoms with Crippen molar-refractivity contribution in [2.24, 2.45) is 5.92 Å². The third kappa shape index (κ3) is 7.54. The summed E-state index contributed by atoms with van der Waals surface area (Å²) in [6.07, 6.45) is 21.6. The minimum Gasteiger partial charge on any atom is -0.0620 e. The SMILES string of the molecule is c1ccc([P+](CCCCCCCCCCC2CCCCC2)(c2ccccc2)c2ccccc2)cc1. The van der Waals surface area contributed by atoms with E-state index in [0.717, 1.165) is 5.92 Å². The maximum absolute atomic E-state index is 2.38. The van der Waals surface area contributed by atoms with Gasteiger partial charge in [0.1, 0.15) is 23.2 Å². The molecular formula is C34H46P+. The van der Waals surface area contributed by atoms with Gasteiger partial charge in [0.05, 0.1) is 6.16 Å². The van der Waals surface area contributed by atoms with Crippen LogP contribution in [0.2, 0.25) is 0 Å². The first-order valence-corrected chi connectivity index (χ1v) is 16.4. The van der Waals surface area contributed by atoms with Gasteiger partial charge in [-0.1, -0.05) is 132 Å². The van der Waals surface area contributed by atoms with Crippen molar-refractivity contribution in [2.45, 2.75) is 89.9 Å². The van der Waals surface area contributed by atoms with E-state index < -0.39 is 7.26 Å². The minimum absolute atomic E-state index is 1.06. The first-order chi connectivity index (χ1) is 17.4. The van der Waals surface area contributed by atoms with Gasteiger partial charge in [-0.05, 0) is 55.2 Å². The summed E-state index contributed by atoms with van der Waals surface area (Å²) < 4.78 is 0. The van der Waals surface area contributed by atoms with Crippen LogP contribution < -0.4 is 15.9 Å². The summed E-state index contributed by atoms with van der Waals surface area (Å²) in [5.74, 6) is 1.06. The van der Waals surface area contributed by atoms with Gasteiger partial charge in [-0.3, -0.25) is 0 Å². The van der Waals surface area contributed by atoms with E-state index in [1.807, 2.05) is 0 Å². The van der Waals surface area contributed by atoms with Crippen molar-refractivity contribution in [3.05, 3.63) is 91.0 Å². The molecule has 0 aliphatic heterocycles. The Labute approximate surface area is 215 Å². The Hall–Kier alpha value is -1.91. The zero-order chi connectivity index (χ0) is 24.0. The standard InChI is InChI=1S/C34H46P/c1(3-5-11-21-31-22-12-7-13-23-31)2-4-6-20-30-35(32-24-14-8-15-25-32,33-26-16-9-17-27-33)34-28-18-10-19-29-34/h8-10,14-19,24-29,31H,1-7,11-13,20-23,30H2/q+1. The van der Waals surface area contributed by atoms with E-state index in [1.165, 1.54) is 112 Å². The number of benzene rings is 3. The van der Waals surface area contributed by atoms with Gasteiger partial charge >= 0.3 is 0 Å². The lowest BCUT2D eigenvalue weighted by atomic mass is 9.85. The second kappa shape index (κ2) is 14.6. The van der Waals surface area contributed by atoms with Crippen LogP contribution in [-0.2, 0) is 0 Å². The lowest BCUT2D eigenvalue weighted by Gasteiger charge is -2.27. The summed E-state index contributed by atoms with van der Waals surface area (Å²) in [5.41, 5.74) is 0. The Balaban J connectivity index is 1.29. The highest BCUT2D eigenvalue weighted by atomic mass is 31.2. The molecule has 0 N–H and O–H groups in total. The van der Waals surface area contributed by atoms with Crippen LogP contribution in [0.1, 0.15) is 89.9 Å². The molecule has 4 rings (SSSR count). The highest BCUT2D eigenvalue weighted by Crippen LogP contribution is 2.56. The molecule has 35 heavy (non-hydrogen) atoms. The molecule has 0 spiro atoms. The molecule has 0 atom stereocenters. The van der Waals surface area contributed by atoms with E-state index in [0.29, 0.717) is 0 Å². The molecule has 3 aromatic carbocycles. The van der Waals surface area contributed by atoms with Gasteiger partial charge in [0, 0.05) is 0 Å². The quantitative estimate of drug-likeness (QED) is 0.158. The summed E-state index contributed by atoms with van der Waals surface area (Å²) in [5, 5.41) is 4.57. The summed E-state index contributed by atoms with van der Waals surface area (Å²) >= 11 is 0. The van der Waals surface area contributed by atoms with Crippen molar-refractivity contribution in [3.8, 4) is 0 Å². The van der Waals surface area contributed by atoms with E-state index in [2.05, 4.69) is 91.0 Å². The summed E-state index contributed by atoms with van der Waals surface area (Å²) in [7, 11) is -1.64. The molecule has 0 nitrogen and oxygen atoms in total. The molecule has 0 radical (unpaired) electrons. The third-order valence-corrected chi connectivity index (χ3v) is 12.7. The van der Waals surface area contributed by atoms with E-state index in [1.54, 1.807) is 0 Å². The van der Waals surface area contributed by atoms with E-state index in [-0.39, 0.29) is 0 Å². The lowest BCUT2D eigenvalue weighted by molar-refractivity contribution is 0.328. The molecule has 1 aliphatic rings. The Kier molecular flexibility index (Phi) is 10.9. The Morgan fingerprint density at radius 2 is 0.857 bits per heavy atom. The van der Waals surface area contributed by atoms with Gasteiger partial charge in [-0.2, -0.15) is 0 Å². The fourth-order valence-corrected chi connectivity index (χ4v) is 10.6. The van der Waals surface area contributed by atoms with Crippen molar-refractivity contribution >= 4 is 23.2 Å². The van der Waals surface area contributed by atoms with Crippen LogP contribution in [-0.4, -0.2) is 6.16 Å². The van der Waals surface area contributed by atoms with Crippen LogP contribution in [0.15, 0.2) is 91.0 Å². The number of rotatable bonds is 14. The summed E-state index contributed by atoms with van der Waals surface area (Å²) in [6, 6.07) is 34.1. The maximum Gasteiger partial charge on any atom is 0.112 e. The van der Waals surface area contributed by atoms with Crippen molar-refractivity contribution in [2.75, 3.05) is 6.16 Å². The summed E-state index contributed by atoms with van der Waals surface area (Å²) in [4.78, 5) is 0. The minimum atomic E-state index is -1.64. The molecule has 1 saturated carbocycles. The monoisotopic (exact) mass is 485 g/mol. The zero-order valence-corrected chi connectivity index (χ0v) is 22.7. The van der Waals surface area contributed by atoms with Gasteiger partial charge in [-0.25, -0.2) is 0 Å². The Morgan fingerprint density at radius 1 is 0.457 bits per heavy atom. The lowest BCUT2D eigenvalue weighted by Crippen LogP contribution is -2.33. The average Bonchev–Trinajstić information content (AvgIpc) is 2.94. The molecule has 3 aromatic rings.